The van der Waals surface area contributed by atoms with Gasteiger partial charge in [0.1, 0.15) is 5.82 Å². The number of rotatable bonds is 4. The number of sulfonamides is 1. The lowest BCUT2D eigenvalue weighted by Gasteiger charge is -2.28. The van der Waals surface area contributed by atoms with Gasteiger partial charge in [0.2, 0.25) is 10.0 Å². The van der Waals surface area contributed by atoms with Crippen molar-refractivity contribution in [3.05, 3.63) is 36.4 Å². The normalized spacial score (nSPS) is 19.8. The standard InChI is InChI=1S/C18H23N3O4S/c1-20(12-14-3-6-18-19-7-8-21(18)13-14)26(22,23)15-4-5-16-17(11-15)25-10-2-9-24-16/h4-5,7-8,11,14H,2-3,6,9-10,12-13H2,1H3/t14-/m1/s1. The van der Waals surface area contributed by atoms with Gasteiger partial charge in [-0.25, -0.2) is 17.7 Å². The van der Waals surface area contributed by atoms with Crippen molar-refractivity contribution in [3.63, 3.8) is 0 Å². The summed E-state index contributed by atoms with van der Waals surface area (Å²) >= 11 is 0. The van der Waals surface area contributed by atoms with Gasteiger partial charge in [-0.1, -0.05) is 0 Å². The zero-order chi connectivity index (χ0) is 18.1. The fourth-order valence-electron chi connectivity index (χ4n) is 3.53. The molecule has 26 heavy (non-hydrogen) atoms. The fourth-order valence-corrected chi connectivity index (χ4v) is 4.79. The van der Waals surface area contributed by atoms with E-state index in [4.69, 9.17) is 9.47 Å². The number of aryl methyl sites for hydroxylation is 1. The van der Waals surface area contributed by atoms with E-state index in [1.54, 1.807) is 31.4 Å². The molecule has 2 aliphatic heterocycles. The second kappa shape index (κ2) is 6.92. The molecule has 0 amide bonds. The highest BCUT2D eigenvalue weighted by Crippen LogP contribution is 2.33. The topological polar surface area (TPSA) is 73.7 Å². The highest BCUT2D eigenvalue weighted by molar-refractivity contribution is 7.89. The lowest BCUT2D eigenvalue weighted by atomic mass is 10.00. The van der Waals surface area contributed by atoms with Crippen molar-refractivity contribution in [1.29, 1.82) is 0 Å². The smallest absolute Gasteiger partial charge is 0.242 e. The summed E-state index contributed by atoms with van der Waals surface area (Å²) in [4.78, 5) is 4.56. The number of aromatic nitrogens is 2. The van der Waals surface area contributed by atoms with Gasteiger partial charge in [0.15, 0.2) is 11.5 Å². The van der Waals surface area contributed by atoms with E-state index in [0.29, 0.717) is 31.3 Å². The van der Waals surface area contributed by atoms with Crippen LogP contribution in [0.2, 0.25) is 0 Å². The van der Waals surface area contributed by atoms with E-state index in [-0.39, 0.29) is 10.8 Å². The van der Waals surface area contributed by atoms with Gasteiger partial charge in [-0.2, -0.15) is 0 Å². The first-order chi connectivity index (χ1) is 12.5. The molecule has 2 aliphatic rings. The zero-order valence-corrected chi connectivity index (χ0v) is 15.6. The third-order valence-corrected chi connectivity index (χ3v) is 6.79. The Labute approximate surface area is 153 Å². The van der Waals surface area contributed by atoms with Crippen molar-refractivity contribution in [2.45, 2.75) is 30.7 Å². The van der Waals surface area contributed by atoms with Crippen LogP contribution in [0.3, 0.4) is 0 Å². The van der Waals surface area contributed by atoms with E-state index in [2.05, 4.69) is 9.55 Å². The van der Waals surface area contributed by atoms with E-state index in [1.165, 1.54) is 4.31 Å². The number of fused-ring (bicyclic) bond motifs is 2. The monoisotopic (exact) mass is 377 g/mol. The van der Waals surface area contributed by atoms with Crippen LogP contribution in [0.15, 0.2) is 35.5 Å². The summed E-state index contributed by atoms with van der Waals surface area (Å²) < 4.78 is 40.7. The Morgan fingerprint density at radius 1 is 1.27 bits per heavy atom. The highest BCUT2D eigenvalue weighted by atomic mass is 32.2. The molecule has 0 N–H and O–H groups in total. The van der Waals surface area contributed by atoms with Crippen molar-refractivity contribution in [1.82, 2.24) is 13.9 Å². The highest BCUT2D eigenvalue weighted by Gasteiger charge is 2.27. The second-order valence-corrected chi connectivity index (χ2v) is 8.89. The van der Waals surface area contributed by atoms with Gasteiger partial charge in [0.05, 0.1) is 18.1 Å². The predicted molar refractivity (Wildman–Crippen MR) is 95.9 cm³/mol. The van der Waals surface area contributed by atoms with Crippen molar-refractivity contribution < 1.29 is 17.9 Å². The molecule has 1 aromatic heterocycles. The van der Waals surface area contributed by atoms with Crippen LogP contribution >= 0.6 is 0 Å². The first-order valence-electron chi connectivity index (χ1n) is 8.90. The summed E-state index contributed by atoms with van der Waals surface area (Å²) in [5.74, 6) is 2.45. The minimum absolute atomic E-state index is 0.239. The summed E-state index contributed by atoms with van der Waals surface area (Å²) in [5, 5.41) is 0. The summed E-state index contributed by atoms with van der Waals surface area (Å²) in [7, 11) is -1.93. The summed E-state index contributed by atoms with van der Waals surface area (Å²) in [6.45, 7) is 2.39. The van der Waals surface area contributed by atoms with Gasteiger partial charge in [-0.3, -0.25) is 0 Å². The molecule has 0 aliphatic carbocycles. The minimum atomic E-state index is -3.57. The van der Waals surface area contributed by atoms with Gasteiger partial charge in [-0.05, 0) is 24.5 Å². The minimum Gasteiger partial charge on any atom is -0.490 e. The fraction of sp³-hybridized carbons (Fsp3) is 0.500. The van der Waals surface area contributed by atoms with E-state index in [0.717, 1.165) is 31.6 Å². The summed E-state index contributed by atoms with van der Waals surface area (Å²) in [5.41, 5.74) is 0. The maximum absolute atomic E-state index is 13.0. The van der Waals surface area contributed by atoms with Crippen molar-refractivity contribution >= 4 is 10.0 Å². The predicted octanol–water partition coefficient (Wildman–Crippen LogP) is 1.93. The van der Waals surface area contributed by atoms with E-state index < -0.39 is 10.0 Å². The molecule has 1 atom stereocenters. The largest absolute Gasteiger partial charge is 0.490 e. The molecule has 140 valence electrons. The molecule has 1 aromatic carbocycles. The van der Waals surface area contributed by atoms with Crippen molar-refractivity contribution in [3.8, 4) is 11.5 Å². The molecule has 0 saturated heterocycles. The van der Waals surface area contributed by atoms with Crippen LogP contribution in [0, 0.1) is 5.92 Å². The van der Waals surface area contributed by atoms with Gasteiger partial charge in [-0.15, -0.1) is 0 Å². The van der Waals surface area contributed by atoms with Gasteiger partial charge < -0.3 is 14.0 Å². The van der Waals surface area contributed by atoms with Crippen LogP contribution in [0.5, 0.6) is 11.5 Å². The number of ether oxygens (including phenoxy) is 2. The quantitative estimate of drug-likeness (QED) is 0.814. The Morgan fingerprint density at radius 2 is 2.08 bits per heavy atom. The zero-order valence-electron chi connectivity index (χ0n) is 14.8. The molecular weight excluding hydrogens is 354 g/mol. The van der Waals surface area contributed by atoms with Crippen LogP contribution < -0.4 is 9.47 Å². The first-order valence-corrected chi connectivity index (χ1v) is 10.3. The molecule has 0 saturated carbocycles. The van der Waals surface area contributed by atoms with Gasteiger partial charge in [0.25, 0.3) is 0 Å². The summed E-state index contributed by atoms with van der Waals surface area (Å²) in [6, 6.07) is 4.84. The van der Waals surface area contributed by atoms with Gasteiger partial charge >= 0.3 is 0 Å². The van der Waals surface area contributed by atoms with Gasteiger partial charge in [0, 0.05) is 51.4 Å². The van der Waals surface area contributed by atoms with E-state index in [9.17, 15) is 8.42 Å². The summed E-state index contributed by atoms with van der Waals surface area (Å²) in [6.07, 6.45) is 6.37. The number of hydrogen-bond donors (Lipinski definition) is 0. The molecule has 0 bridgehead atoms. The molecule has 4 rings (SSSR count). The maximum atomic E-state index is 13.0. The Balaban J connectivity index is 1.50. The average Bonchev–Trinajstić information content (AvgIpc) is 2.97. The molecule has 0 spiro atoms. The Morgan fingerprint density at radius 3 is 2.92 bits per heavy atom. The molecule has 8 heteroatoms. The van der Waals surface area contributed by atoms with Crippen LogP contribution in [0.4, 0.5) is 0 Å². The Kier molecular flexibility index (Phi) is 4.62. The third-order valence-electron chi connectivity index (χ3n) is 4.98. The van der Waals surface area contributed by atoms with E-state index in [1.807, 2.05) is 6.20 Å². The lowest BCUT2D eigenvalue weighted by Crippen LogP contribution is -2.35. The molecule has 3 heterocycles. The Hall–Kier alpha value is -2.06. The SMILES string of the molecule is CN(C[C@H]1CCc2nccn2C1)S(=O)(=O)c1ccc2c(c1)OCCCO2. The van der Waals surface area contributed by atoms with Crippen molar-refractivity contribution in [2.75, 3.05) is 26.8 Å². The van der Waals surface area contributed by atoms with Crippen LogP contribution in [-0.4, -0.2) is 49.1 Å². The maximum Gasteiger partial charge on any atom is 0.242 e. The molecule has 2 aromatic rings. The second-order valence-electron chi connectivity index (χ2n) is 6.85. The van der Waals surface area contributed by atoms with Crippen LogP contribution in [0.1, 0.15) is 18.7 Å². The number of hydrogen-bond acceptors (Lipinski definition) is 5. The molecule has 0 radical (unpaired) electrons. The van der Waals surface area contributed by atoms with E-state index >= 15 is 0 Å². The average molecular weight is 377 g/mol. The van der Waals surface area contributed by atoms with Crippen LogP contribution in [-0.2, 0) is 23.0 Å². The molecule has 7 nitrogen and oxygen atoms in total. The number of nitrogens with zero attached hydrogens (tertiary/aromatic N) is 3. The van der Waals surface area contributed by atoms with Crippen LogP contribution in [0.25, 0.3) is 0 Å². The molecule has 0 unspecified atom stereocenters. The molecule has 0 fully saturated rings. The number of imidazole rings is 1. The van der Waals surface area contributed by atoms with Crippen molar-refractivity contribution in [2.24, 2.45) is 5.92 Å². The molecular formula is C18H23N3O4S. The number of benzene rings is 1. The Bertz CT molecular complexity index is 894. The first kappa shape index (κ1) is 17.4. The third kappa shape index (κ3) is 3.31. The lowest BCUT2D eigenvalue weighted by molar-refractivity contribution is 0.296.